The largest absolute Gasteiger partial charge is 0.462 e. The fourth-order valence-electron chi connectivity index (χ4n) is 2.59. The monoisotopic (exact) mass is 320 g/mol. The molecule has 0 fully saturated rings. The number of benzene rings is 1. The zero-order valence-corrected chi connectivity index (χ0v) is 14.8. The Bertz CT molecular complexity index is 637. The van der Waals surface area contributed by atoms with Crippen LogP contribution in [0.3, 0.4) is 0 Å². The van der Waals surface area contributed by atoms with E-state index in [4.69, 9.17) is 4.74 Å². The third kappa shape index (κ3) is 7.38. The van der Waals surface area contributed by atoms with Crippen LogP contribution in [0.25, 0.3) is 0 Å². The maximum absolute atomic E-state index is 6.06. The molecule has 1 heterocycles. The molecule has 24 heavy (non-hydrogen) atoms. The van der Waals surface area contributed by atoms with Crippen LogP contribution in [0.4, 0.5) is 0 Å². The van der Waals surface area contributed by atoms with Crippen molar-refractivity contribution in [3.63, 3.8) is 0 Å². The second-order valence-corrected chi connectivity index (χ2v) is 5.95. The predicted octanol–water partition coefficient (Wildman–Crippen LogP) is 6.37. The van der Waals surface area contributed by atoms with E-state index in [-0.39, 0.29) is 0 Å². The lowest BCUT2D eigenvalue weighted by Gasteiger charge is -2.10. The number of hydrogen-bond acceptors (Lipinski definition) is 1. The summed E-state index contributed by atoms with van der Waals surface area (Å²) in [6.07, 6.45) is 19.0. The molecular formula is C23H28O. The summed E-state index contributed by atoms with van der Waals surface area (Å²) < 4.78 is 6.06. The summed E-state index contributed by atoms with van der Waals surface area (Å²) in [4.78, 5) is 0. The normalized spacial score (nSPS) is 21.5. The van der Waals surface area contributed by atoms with Crippen molar-refractivity contribution in [1.29, 1.82) is 0 Å². The van der Waals surface area contributed by atoms with Crippen LogP contribution in [-0.2, 0) is 6.42 Å². The van der Waals surface area contributed by atoms with E-state index in [9.17, 15) is 0 Å². The molecule has 126 valence electrons. The van der Waals surface area contributed by atoms with Crippen LogP contribution in [0.5, 0.6) is 5.75 Å². The molecule has 0 aromatic heterocycles. The molecule has 1 aliphatic rings. The SMILES string of the molecule is CC/C1=C\C/C=C/C/C=C/CC#CCCCCc2cccc(c2)O1. The van der Waals surface area contributed by atoms with E-state index in [2.05, 4.69) is 67.3 Å². The minimum Gasteiger partial charge on any atom is -0.462 e. The van der Waals surface area contributed by atoms with Gasteiger partial charge in [0.25, 0.3) is 0 Å². The van der Waals surface area contributed by atoms with Gasteiger partial charge in [0.2, 0.25) is 0 Å². The quantitative estimate of drug-likeness (QED) is 0.431. The fraction of sp³-hybridized carbons (Fsp3) is 0.391. The molecule has 0 N–H and O–H groups in total. The third-order valence-electron chi connectivity index (χ3n) is 3.95. The van der Waals surface area contributed by atoms with E-state index in [1.54, 1.807) is 0 Å². The number of allylic oxidation sites excluding steroid dienone is 6. The highest BCUT2D eigenvalue weighted by atomic mass is 16.5. The van der Waals surface area contributed by atoms with E-state index < -0.39 is 0 Å². The molecule has 0 unspecified atom stereocenters. The molecule has 1 aromatic rings. The van der Waals surface area contributed by atoms with Crippen molar-refractivity contribution in [3.8, 4) is 17.6 Å². The van der Waals surface area contributed by atoms with Crippen LogP contribution in [0.1, 0.15) is 57.4 Å². The summed E-state index contributed by atoms with van der Waals surface area (Å²) in [6.45, 7) is 2.14. The number of hydrogen-bond donors (Lipinski definition) is 0. The molecule has 1 aliphatic heterocycles. The van der Waals surface area contributed by atoms with Gasteiger partial charge in [-0.1, -0.05) is 49.3 Å². The molecule has 1 aromatic carbocycles. The summed E-state index contributed by atoms with van der Waals surface area (Å²) in [5.74, 6) is 8.49. The summed E-state index contributed by atoms with van der Waals surface area (Å²) in [5, 5.41) is 0. The first-order valence-corrected chi connectivity index (χ1v) is 9.10. The lowest BCUT2D eigenvalue weighted by atomic mass is 10.1. The summed E-state index contributed by atoms with van der Waals surface area (Å²) in [7, 11) is 0. The molecule has 0 spiro atoms. The van der Waals surface area contributed by atoms with Gasteiger partial charge in [0, 0.05) is 19.3 Å². The van der Waals surface area contributed by atoms with Gasteiger partial charge < -0.3 is 4.74 Å². The van der Waals surface area contributed by atoms with Crippen LogP contribution in [0.2, 0.25) is 0 Å². The Morgan fingerprint density at radius 3 is 2.79 bits per heavy atom. The van der Waals surface area contributed by atoms with Crippen molar-refractivity contribution in [2.75, 3.05) is 0 Å². The highest BCUT2D eigenvalue weighted by molar-refractivity contribution is 5.30. The highest BCUT2D eigenvalue weighted by Gasteiger charge is 2.00. The lowest BCUT2D eigenvalue weighted by molar-refractivity contribution is 0.407. The molecule has 0 saturated carbocycles. The highest BCUT2D eigenvalue weighted by Crippen LogP contribution is 2.19. The molecular weight excluding hydrogens is 292 g/mol. The van der Waals surface area contributed by atoms with E-state index >= 15 is 0 Å². The Hall–Kier alpha value is -2.20. The van der Waals surface area contributed by atoms with Gasteiger partial charge in [-0.2, -0.15) is 0 Å². The van der Waals surface area contributed by atoms with Crippen LogP contribution < -0.4 is 4.74 Å². The smallest absolute Gasteiger partial charge is 0.127 e. The van der Waals surface area contributed by atoms with Crippen molar-refractivity contribution >= 4 is 0 Å². The standard InChI is InChI=1S/C23H28O/c1-2-22-18-14-12-10-8-6-4-3-5-7-9-11-13-16-21-17-15-19-23(20-21)24-22/h4,6,10,12,15,17-20H,2-3,8-9,11,13-14,16H2,1H3/b6-4+,12-10+,22-18+. The molecule has 1 nitrogen and oxygen atoms in total. The Balaban J connectivity index is 2.06. The molecule has 1 heteroatoms. The lowest BCUT2D eigenvalue weighted by Crippen LogP contribution is -1.95. The Morgan fingerprint density at radius 2 is 1.88 bits per heavy atom. The first-order chi connectivity index (χ1) is 11.9. The van der Waals surface area contributed by atoms with Crippen molar-refractivity contribution in [1.82, 2.24) is 0 Å². The van der Waals surface area contributed by atoms with Gasteiger partial charge in [0.15, 0.2) is 0 Å². The average Bonchev–Trinajstić information content (AvgIpc) is 2.60. The van der Waals surface area contributed by atoms with E-state index in [1.165, 1.54) is 12.0 Å². The molecule has 0 atom stereocenters. The van der Waals surface area contributed by atoms with E-state index in [0.29, 0.717) is 0 Å². The molecule has 0 amide bonds. The predicted molar refractivity (Wildman–Crippen MR) is 103 cm³/mol. The molecule has 2 bridgehead atoms. The molecule has 0 aliphatic carbocycles. The molecule has 0 saturated heterocycles. The van der Waals surface area contributed by atoms with Gasteiger partial charge in [-0.3, -0.25) is 0 Å². The second kappa shape index (κ2) is 11.4. The first kappa shape index (κ1) is 18.1. The average molecular weight is 320 g/mol. The first-order valence-electron chi connectivity index (χ1n) is 9.10. The fourth-order valence-corrected chi connectivity index (χ4v) is 2.59. The van der Waals surface area contributed by atoms with Crippen molar-refractivity contribution in [2.24, 2.45) is 0 Å². The van der Waals surface area contributed by atoms with Gasteiger partial charge in [0.1, 0.15) is 11.5 Å². The van der Waals surface area contributed by atoms with Crippen LogP contribution in [0.15, 0.2) is 60.4 Å². The second-order valence-electron chi connectivity index (χ2n) is 5.95. The number of fused-ring (bicyclic) bond motifs is 2. The third-order valence-corrected chi connectivity index (χ3v) is 3.95. The van der Waals surface area contributed by atoms with E-state index in [1.807, 2.05) is 6.07 Å². The van der Waals surface area contributed by atoms with Crippen LogP contribution >= 0.6 is 0 Å². The van der Waals surface area contributed by atoms with Crippen LogP contribution in [-0.4, -0.2) is 0 Å². The van der Waals surface area contributed by atoms with Crippen molar-refractivity contribution in [2.45, 2.75) is 58.3 Å². The van der Waals surface area contributed by atoms with Gasteiger partial charge in [-0.05, 0) is 55.9 Å². The van der Waals surface area contributed by atoms with Gasteiger partial charge >= 0.3 is 0 Å². The van der Waals surface area contributed by atoms with E-state index in [0.717, 1.165) is 56.5 Å². The Morgan fingerprint density at radius 1 is 1.00 bits per heavy atom. The minimum atomic E-state index is 0.865. The van der Waals surface area contributed by atoms with Gasteiger partial charge in [0.05, 0.1) is 0 Å². The number of ether oxygens (including phenoxy) is 1. The van der Waals surface area contributed by atoms with Gasteiger partial charge in [-0.15, -0.1) is 5.92 Å². The van der Waals surface area contributed by atoms with Gasteiger partial charge in [-0.25, -0.2) is 0 Å². The zero-order valence-electron chi connectivity index (χ0n) is 14.8. The topological polar surface area (TPSA) is 9.23 Å². The summed E-state index contributed by atoms with van der Waals surface area (Å²) >= 11 is 0. The number of aryl methyl sites for hydroxylation is 1. The minimum absolute atomic E-state index is 0.865. The Labute approximate surface area is 147 Å². The zero-order chi connectivity index (χ0) is 16.9. The van der Waals surface area contributed by atoms with Crippen molar-refractivity contribution in [3.05, 3.63) is 66.0 Å². The molecule has 2 rings (SSSR count). The Kier molecular flexibility index (Phi) is 8.58. The summed E-state index contributed by atoms with van der Waals surface area (Å²) in [5.41, 5.74) is 1.34. The maximum Gasteiger partial charge on any atom is 0.127 e. The van der Waals surface area contributed by atoms with Crippen LogP contribution in [0, 0.1) is 11.8 Å². The van der Waals surface area contributed by atoms with Crippen molar-refractivity contribution < 1.29 is 4.74 Å². The summed E-state index contributed by atoms with van der Waals surface area (Å²) in [6, 6.07) is 8.49. The maximum atomic E-state index is 6.06. The molecule has 0 radical (unpaired) electrons. The number of rotatable bonds is 1.